The molecule has 0 radical (unpaired) electrons. The van der Waals surface area contributed by atoms with Gasteiger partial charge >= 0.3 is 5.97 Å². The van der Waals surface area contributed by atoms with E-state index in [4.69, 9.17) is 10.8 Å². The molecule has 1 rings (SSSR count). The zero-order valence-corrected chi connectivity index (χ0v) is 9.46. The summed E-state index contributed by atoms with van der Waals surface area (Å²) in [4.78, 5) is 10.4. The molecule has 1 aromatic rings. The van der Waals surface area contributed by atoms with Gasteiger partial charge in [0.15, 0.2) is 0 Å². The van der Waals surface area contributed by atoms with Gasteiger partial charge in [0.2, 0.25) is 0 Å². The summed E-state index contributed by atoms with van der Waals surface area (Å²) in [5.74, 6) is -0.707. The van der Waals surface area contributed by atoms with Gasteiger partial charge in [0.1, 0.15) is 0 Å². The van der Waals surface area contributed by atoms with Gasteiger partial charge in [-0.05, 0) is 12.5 Å². The number of aryl methyl sites for hydroxylation is 1. The number of rotatable bonds is 5. The number of thioether (sulfide) groups is 1. The maximum atomic E-state index is 10.4. The van der Waals surface area contributed by atoms with E-state index in [9.17, 15) is 4.79 Å². The summed E-state index contributed by atoms with van der Waals surface area (Å²) in [6, 6.07) is 8.03. The van der Waals surface area contributed by atoms with Crippen molar-refractivity contribution in [2.24, 2.45) is 5.73 Å². The van der Waals surface area contributed by atoms with E-state index >= 15 is 0 Å². The van der Waals surface area contributed by atoms with Gasteiger partial charge in [0, 0.05) is 11.8 Å². The van der Waals surface area contributed by atoms with E-state index in [1.807, 2.05) is 31.2 Å². The summed E-state index contributed by atoms with van der Waals surface area (Å²) in [6.45, 7) is 2.48. The summed E-state index contributed by atoms with van der Waals surface area (Å²) < 4.78 is 0. The van der Waals surface area contributed by atoms with Crippen molar-refractivity contribution >= 4 is 17.7 Å². The van der Waals surface area contributed by atoms with Crippen LogP contribution < -0.4 is 5.73 Å². The van der Waals surface area contributed by atoms with Crippen molar-refractivity contribution in [3.8, 4) is 0 Å². The quantitative estimate of drug-likeness (QED) is 0.802. The number of hydrogen-bond donors (Lipinski definition) is 2. The lowest BCUT2D eigenvalue weighted by Gasteiger charge is -2.13. The number of carboxylic acids is 1. The lowest BCUT2D eigenvalue weighted by Crippen LogP contribution is -2.12. The average Bonchev–Trinajstić information content (AvgIpc) is 2.21. The number of hydrogen-bond acceptors (Lipinski definition) is 3. The second kappa shape index (κ2) is 5.78. The molecule has 1 atom stereocenters. The van der Waals surface area contributed by atoms with Crippen LogP contribution in [0.15, 0.2) is 24.3 Å². The molecular weight excluding hydrogens is 210 g/mol. The van der Waals surface area contributed by atoms with E-state index in [1.165, 1.54) is 17.3 Å². The fourth-order valence-electron chi connectivity index (χ4n) is 1.25. The Morgan fingerprint density at radius 2 is 2.07 bits per heavy atom. The summed E-state index contributed by atoms with van der Waals surface area (Å²) >= 11 is 1.36. The molecule has 0 aliphatic rings. The minimum atomic E-state index is -0.800. The largest absolute Gasteiger partial charge is 0.481 e. The molecule has 0 aromatic heterocycles. The van der Waals surface area contributed by atoms with Crippen LogP contribution in [0.3, 0.4) is 0 Å². The molecule has 0 fully saturated rings. The monoisotopic (exact) mass is 225 g/mol. The SMILES string of the molecule is Cc1ccc(C(CN)SCC(=O)O)cc1. The molecule has 1 aromatic carbocycles. The van der Waals surface area contributed by atoms with E-state index in [0.29, 0.717) is 6.54 Å². The second-order valence-corrected chi connectivity index (χ2v) is 4.53. The van der Waals surface area contributed by atoms with Crippen LogP contribution in [0.5, 0.6) is 0 Å². The third kappa shape index (κ3) is 3.93. The van der Waals surface area contributed by atoms with E-state index in [0.717, 1.165) is 5.56 Å². The molecule has 0 aliphatic heterocycles. The van der Waals surface area contributed by atoms with Gasteiger partial charge in [-0.3, -0.25) is 4.79 Å². The molecular formula is C11H15NO2S. The van der Waals surface area contributed by atoms with Crippen molar-refractivity contribution in [1.29, 1.82) is 0 Å². The third-order valence-electron chi connectivity index (χ3n) is 2.07. The van der Waals surface area contributed by atoms with Crippen LogP contribution in [0.1, 0.15) is 16.4 Å². The Labute approximate surface area is 93.7 Å². The molecule has 0 spiro atoms. The zero-order valence-electron chi connectivity index (χ0n) is 8.64. The standard InChI is InChI=1S/C11H15NO2S/c1-8-2-4-9(5-3-8)10(6-12)15-7-11(13)14/h2-5,10H,6-7,12H2,1H3,(H,13,14). The van der Waals surface area contributed by atoms with Crippen molar-refractivity contribution in [2.45, 2.75) is 12.2 Å². The van der Waals surface area contributed by atoms with Crippen molar-refractivity contribution in [1.82, 2.24) is 0 Å². The summed E-state index contributed by atoms with van der Waals surface area (Å²) in [5.41, 5.74) is 7.90. The molecule has 3 N–H and O–H groups in total. The first-order valence-electron chi connectivity index (χ1n) is 4.73. The van der Waals surface area contributed by atoms with E-state index in [-0.39, 0.29) is 11.0 Å². The van der Waals surface area contributed by atoms with Crippen LogP contribution in [0, 0.1) is 6.92 Å². The van der Waals surface area contributed by atoms with Crippen LogP contribution in [-0.2, 0) is 4.79 Å². The summed E-state index contributed by atoms with van der Waals surface area (Å²) in [7, 11) is 0. The molecule has 0 aliphatic carbocycles. The topological polar surface area (TPSA) is 63.3 Å². The molecule has 0 bridgehead atoms. The van der Waals surface area contributed by atoms with Crippen LogP contribution in [0.2, 0.25) is 0 Å². The lowest BCUT2D eigenvalue weighted by molar-refractivity contribution is -0.133. The van der Waals surface area contributed by atoms with Crippen molar-refractivity contribution in [3.63, 3.8) is 0 Å². The molecule has 4 heteroatoms. The van der Waals surface area contributed by atoms with Crippen molar-refractivity contribution < 1.29 is 9.90 Å². The van der Waals surface area contributed by atoms with E-state index in [1.54, 1.807) is 0 Å². The highest BCUT2D eigenvalue weighted by Gasteiger charge is 2.11. The Morgan fingerprint density at radius 1 is 1.47 bits per heavy atom. The summed E-state index contributed by atoms with van der Waals surface area (Å²) in [5, 5.41) is 8.66. The van der Waals surface area contributed by atoms with Gasteiger partial charge in [-0.2, -0.15) is 0 Å². The lowest BCUT2D eigenvalue weighted by atomic mass is 10.1. The first-order valence-corrected chi connectivity index (χ1v) is 5.78. The van der Waals surface area contributed by atoms with E-state index in [2.05, 4.69) is 0 Å². The summed E-state index contributed by atoms with van der Waals surface area (Å²) in [6.07, 6.45) is 0. The number of aliphatic carboxylic acids is 1. The molecule has 0 heterocycles. The smallest absolute Gasteiger partial charge is 0.313 e. The number of benzene rings is 1. The van der Waals surface area contributed by atoms with Crippen molar-refractivity contribution in [3.05, 3.63) is 35.4 Å². The Balaban J connectivity index is 2.65. The highest BCUT2D eigenvalue weighted by atomic mass is 32.2. The van der Waals surface area contributed by atoms with Crippen LogP contribution in [0.4, 0.5) is 0 Å². The molecule has 0 saturated carbocycles. The Hall–Kier alpha value is -1.00. The number of carboxylic acid groups (broad SMARTS) is 1. The fraction of sp³-hybridized carbons (Fsp3) is 0.364. The number of carbonyl (C=O) groups is 1. The second-order valence-electron chi connectivity index (χ2n) is 3.34. The molecule has 0 saturated heterocycles. The normalized spacial score (nSPS) is 12.4. The molecule has 0 amide bonds. The molecule has 15 heavy (non-hydrogen) atoms. The maximum Gasteiger partial charge on any atom is 0.313 e. The average molecular weight is 225 g/mol. The highest BCUT2D eigenvalue weighted by molar-refractivity contribution is 8.00. The van der Waals surface area contributed by atoms with Gasteiger partial charge in [0.05, 0.1) is 5.75 Å². The van der Waals surface area contributed by atoms with Crippen LogP contribution >= 0.6 is 11.8 Å². The van der Waals surface area contributed by atoms with Gasteiger partial charge in [-0.25, -0.2) is 0 Å². The molecule has 3 nitrogen and oxygen atoms in total. The first-order chi connectivity index (χ1) is 7.13. The Kier molecular flexibility index (Phi) is 4.65. The van der Waals surface area contributed by atoms with E-state index < -0.39 is 5.97 Å². The molecule has 1 unspecified atom stereocenters. The Bertz CT molecular complexity index is 324. The van der Waals surface area contributed by atoms with Crippen LogP contribution in [0.25, 0.3) is 0 Å². The first kappa shape index (κ1) is 12.1. The van der Waals surface area contributed by atoms with Crippen LogP contribution in [-0.4, -0.2) is 23.4 Å². The minimum absolute atomic E-state index is 0.0710. The van der Waals surface area contributed by atoms with Gasteiger partial charge in [-0.1, -0.05) is 29.8 Å². The zero-order chi connectivity index (χ0) is 11.3. The predicted molar refractivity (Wildman–Crippen MR) is 63.1 cm³/mol. The predicted octanol–water partition coefficient (Wildman–Crippen LogP) is 1.81. The molecule has 82 valence electrons. The number of nitrogens with two attached hydrogens (primary N) is 1. The van der Waals surface area contributed by atoms with Gasteiger partial charge in [-0.15, -0.1) is 11.8 Å². The van der Waals surface area contributed by atoms with Gasteiger partial charge < -0.3 is 10.8 Å². The van der Waals surface area contributed by atoms with Crippen molar-refractivity contribution in [2.75, 3.05) is 12.3 Å². The Morgan fingerprint density at radius 3 is 2.53 bits per heavy atom. The highest BCUT2D eigenvalue weighted by Crippen LogP contribution is 2.27. The maximum absolute atomic E-state index is 10.4. The third-order valence-corrected chi connectivity index (χ3v) is 3.35. The fourth-order valence-corrected chi connectivity index (χ4v) is 2.08. The minimum Gasteiger partial charge on any atom is -0.481 e. The van der Waals surface area contributed by atoms with Gasteiger partial charge in [0.25, 0.3) is 0 Å².